The van der Waals surface area contributed by atoms with Gasteiger partial charge in [0.1, 0.15) is 18.1 Å². The molecule has 0 unspecified atom stereocenters. The van der Waals surface area contributed by atoms with Crippen LogP contribution in [0.2, 0.25) is 5.02 Å². The summed E-state index contributed by atoms with van der Waals surface area (Å²) in [5.74, 6) is 3.21. The van der Waals surface area contributed by atoms with Crippen molar-refractivity contribution in [1.82, 2.24) is 10.1 Å². The smallest absolute Gasteiger partial charge is 0.293 e. The predicted octanol–water partition coefficient (Wildman–Crippen LogP) is 6.72. The quantitative estimate of drug-likeness (QED) is 0.350. The fourth-order valence-electron chi connectivity index (χ4n) is 2.80. The molecule has 7 heteroatoms. The number of hydrogen-bond acceptors (Lipinski definition) is 6. The van der Waals surface area contributed by atoms with E-state index in [1.807, 2.05) is 42.6 Å². The molecule has 0 aliphatic rings. The summed E-state index contributed by atoms with van der Waals surface area (Å²) in [4.78, 5) is 5.35. The van der Waals surface area contributed by atoms with Crippen molar-refractivity contribution in [3.8, 4) is 28.1 Å². The summed E-state index contributed by atoms with van der Waals surface area (Å²) in [6.45, 7) is 6.48. The van der Waals surface area contributed by atoms with E-state index in [4.69, 9.17) is 25.3 Å². The SMILES string of the molecule is Cc1cc(OCc2ccc(-c3nc(-c4cccs4)no3)o2)c(C(C)C)cc1Cl. The lowest BCUT2D eigenvalue weighted by Gasteiger charge is -2.15. The molecule has 3 heterocycles. The number of aromatic nitrogens is 2. The van der Waals surface area contributed by atoms with Crippen molar-refractivity contribution in [1.29, 1.82) is 0 Å². The van der Waals surface area contributed by atoms with Gasteiger partial charge in [0, 0.05) is 5.02 Å². The average molecular weight is 415 g/mol. The normalized spacial score (nSPS) is 11.3. The number of ether oxygens (including phenoxy) is 1. The number of nitrogens with zero attached hydrogens (tertiary/aromatic N) is 2. The molecule has 0 saturated heterocycles. The molecule has 0 N–H and O–H groups in total. The zero-order chi connectivity index (χ0) is 19.7. The molecule has 4 aromatic rings. The molecule has 28 heavy (non-hydrogen) atoms. The molecule has 0 aliphatic heterocycles. The lowest BCUT2D eigenvalue weighted by Crippen LogP contribution is -2.00. The first-order valence-corrected chi connectivity index (χ1v) is 10.2. The summed E-state index contributed by atoms with van der Waals surface area (Å²) in [5, 5.41) is 6.72. The molecule has 1 aromatic carbocycles. The molecule has 4 rings (SSSR count). The molecule has 0 fully saturated rings. The Kier molecular flexibility index (Phi) is 5.24. The van der Waals surface area contributed by atoms with Crippen LogP contribution in [0.15, 0.2) is 50.7 Å². The highest BCUT2D eigenvalue weighted by Crippen LogP contribution is 2.33. The van der Waals surface area contributed by atoms with Crippen LogP contribution in [0.5, 0.6) is 5.75 Å². The van der Waals surface area contributed by atoms with E-state index in [-0.39, 0.29) is 0 Å². The summed E-state index contributed by atoms with van der Waals surface area (Å²) in [5.41, 5.74) is 2.05. The number of aryl methyl sites for hydroxylation is 1. The molecule has 0 spiro atoms. The van der Waals surface area contributed by atoms with Gasteiger partial charge in [-0.1, -0.05) is 36.7 Å². The molecule has 0 radical (unpaired) electrons. The van der Waals surface area contributed by atoms with E-state index in [1.165, 1.54) is 0 Å². The Bertz CT molecular complexity index is 1080. The van der Waals surface area contributed by atoms with Gasteiger partial charge < -0.3 is 13.7 Å². The van der Waals surface area contributed by atoms with Crippen LogP contribution in [-0.2, 0) is 6.61 Å². The Labute approximate surface area is 171 Å². The second kappa shape index (κ2) is 7.81. The second-order valence-corrected chi connectivity index (χ2v) is 8.10. The number of halogens is 1. The highest BCUT2D eigenvalue weighted by Gasteiger charge is 2.16. The predicted molar refractivity (Wildman–Crippen MR) is 110 cm³/mol. The molecular weight excluding hydrogens is 396 g/mol. The van der Waals surface area contributed by atoms with Gasteiger partial charge in [-0.05, 0) is 59.7 Å². The van der Waals surface area contributed by atoms with E-state index in [2.05, 4.69) is 24.0 Å². The first-order chi connectivity index (χ1) is 13.5. The highest BCUT2D eigenvalue weighted by molar-refractivity contribution is 7.13. The Morgan fingerprint density at radius 1 is 1.21 bits per heavy atom. The molecule has 0 bridgehead atoms. The lowest BCUT2D eigenvalue weighted by molar-refractivity contribution is 0.267. The fourth-order valence-corrected chi connectivity index (χ4v) is 3.62. The van der Waals surface area contributed by atoms with Crippen LogP contribution in [-0.4, -0.2) is 10.1 Å². The Morgan fingerprint density at radius 2 is 2.07 bits per heavy atom. The van der Waals surface area contributed by atoms with E-state index in [1.54, 1.807) is 17.4 Å². The van der Waals surface area contributed by atoms with Crippen molar-refractivity contribution in [3.05, 3.63) is 63.7 Å². The maximum atomic E-state index is 6.26. The van der Waals surface area contributed by atoms with E-state index in [0.29, 0.717) is 35.8 Å². The maximum absolute atomic E-state index is 6.26. The molecule has 0 atom stereocenters. The summed E-state index contributed by atoms with van der Waals surface area (Å²) >= 11 is 7.82. The third kappa shape index (κ3) is 3.84. The highest BCUT2D eigenvalue weighted by atomic mass is 35.5. The van der Waals surface area contributed by atoms with Crippen molar-refractivity contribution in [2.45, 2.75) is 33.3 Å². The third-order valence-electron chi connectivity index (χ3n) is 4.32. The summed E-state index contributed by atoms with van der Waals surface area (Å²) in [6, 6.07) is 11.5. The minimum absolute atomic E-state index is 0.298. The molecule has 0 amide bonds. The Morgan fingerprint density at radius 3 is 2.82 bits per heavy atom. The number of hydrogen-bond donors (Lipinski definition) is 0. The molecule has 144 valence electrons. The van der Waals surface area contributed by atoms with Gasteiger partial charge in [-0.3, -0.25) is 0 Å². The molecular formula is C21H19ClN2O3S. The number of furan rings is 1. The fraction of sp³-hybridized carbons (Fsp3) is 0.238. The summed E-state index contributed by atoms with van der Waals surface area (Å²) in [6.07, 6.45) is 0. The van der Waals surface area contributed by atoms with Crippen LogP contribution in [0.1, 0.15) is 36.7 Å². The van der Waals surface area contributed by atoms with Crippen LogP contribution < -0.4 is 4.74 Å². The summed E-state index contributed by atoms with van der Waals surface area (Å²) < 4.78 is 17.2. The van der Waals surface area contributed by atoms with Crippen LogP contribution in [0.3, 0.4) is 0 Å². The van der Waals surface area contributed by atoms with E-state index in [9.17, 15) is 0 Å². The molecule has 0 saturated carbocycles. The zero-order valence-corrected chi connectivity index (χ0v) is 17.3. The van der Waals surface area contributed by atoms with Crippen molar-refractivity contribution < 1.29 is 13.7 Å². The van der Waals surface area contributed by atoms with Crippen molar-refractivity contribution in [3.63, 3.8) is 0 Å². The number of thiophene rings is 1. The maximum Gasteiger partial charge on any atom is 0.293 e. The minimum Gasteiger partial charge on any atom is -0.485 e. The Balaban J connectivity index is 1.50. The Hall–Kier alpha value is -2.57. The van der Waals surface area contributed by atoms with E-state index >= 15 is 0 Å². The van der Waals surface area contributed by atoms with Gasteiger partial charge in [-0.2, -0.15) is 4.98 Å². The second-order valence-electron chi connectivity index (χ2n) is 6.75. The first kappa shape index (κ1) is 18.8. The van der Waals surface area contributed by atoms with E-state index in [0.717, 1.165) is 26.8 Å². The molecule has 5 nitrogen and oxygen atoms in total. The van der Waals surface area contributed by atoms with Crippen LogP contribution >= 0.6 is 22.9 Å². The first-order valence-electron chi connectivity index (χ1n) is 8.91. The molecule has 3 aromatic heterocycles. The van der Waals surface area contributed by atoms with Crippen molar-refractivity contribution >= 4 is 22.9 Å². The van der Waals surface area contributed by atoms with Crippen molar-refractivity contribution in [2.75, 3.05) is 0 Å². The average Bonchev–Trinajstić information content (AvgIpc) is 3.42. The van der Waals surface area contributed by atoms with E-state index < -0.39 is 0 Å². The number of benzene rings is 1. The largest absolute Gasteiger partial charge is 0.485 e. The van der Waals surface area contributed by atoms with Gasteiger partial charge in [0.25, 0.3) is 5.89 Å². The van der Waals surface area contributed by atoms with Crippen LogP contribution in [0.4, 0.5) is 0 Å². The standard InChI is InChI=1S/C21H19ClN2O3S/c1-12(2)15-10-16(22)13(3)9-18(15)25-11-14-6-7-17(26-14)21-23-20(24-27-21)19-5-4-8-28-19/h4-10,12H,11H2,1-3H3. The van der Waals surface area contributed by atoms with Crippen molar-refractivity contribution in [2.24, 2.45) is 0 Å². The van der Waals surface area contributed by atoms with Gasteiger partial charge in [0.2, 0.25) is 5.82 Å². The topological polar surface area (TPSA) is 61.3 Å². The lowest BCUT2D eigenvalue weighted by atomic mass is 10.0. The van der Waals surface area contributed by atoms with Crippen LogP contribution in [0, 0.1) is 6.92 Å². The summed E-state index contributed by atoms with van der Waals surface area (Å²) in [7, 11) is 0. The van der Waals surface area contributed by atoms with Gasteiger partial charge in [0.15, 0.2) is 5.76 Å². The van der Waals surface area contributed by atoms with Gasteiger partial charge in [-0.25, -0.2) is 0 Å². The van der Waals surface area contributed by atoms with Gasteiger partial charge >= 0.3 is 0 Å². The van der Waals surface area contributed by atoms with Gasteiger partial charge in [-0.15, -0.1) is 11.3 Å². The third-order valence-corrected chi connectivity index (χ3v) is 5.60. The molecule has 0 aliphatic carbocycles. The van der Waals surface area contributed by atoms with Gasteiger partial charge in [0.05, 0.1) is 4.88 Å². The van der Waals surface area contributed by atoms with Crippen LogP contribution in [0.25, 0.3) is 22.4 Å². The monoisotopic (exact) mass is 414 g/mol. The minimum atomic E-state index is 0.298. The number of rotatable bonds is 6. The zero-order valence-electron chi connectivity index (χ0n) is 15.7.